The van der Waals surface area contributed by atoms with Crippen molar-refractivity contribution in [2.45, 2.75) is 11.8 Å². The van der Waals surface area contributed by atoms with Crippen LogP contribution in [0.15, 0.2) is 27.6 Å². The van der Waals surface area contributed by atoms with Gasteiger partial charge < -0.3 is 10.2 Å². The number of carbonyl (C=O) groups is 1. The molecule has 0 saturated heterocycles. The molecule has 0 atom stereocenters. The van der Waals surface area contributed by atoms with E-state index in [4.69, 9.17) is 0 Å². The molecular formula is C12H17BrN2OS. The van der Waals surface area contributed by atoms with Gasteiger partial charge >= 0.3 is 0 Å². The Morgan fingerprint density at radius 2 is 2.24 bits per heavy atom. The highest BCUT2D eigenvalue weighted by atomic mass is 79.9. The fourth-order valence-electron chi connectivity index (χ4n) is 1.30. The molecule has 0 radical (unpaired) electrons. The van der Waals surface area contributed by atoms with E-state index >= 15 is 0 Å². The summed E-state index contributed by atoms with van der Waals surface area (Å²) in [6.07, 6.45) is 0. The molecule has 0 saturated carbocycles. The van der Waals surface area contributed by atoms with Gasteiger partial charge in [0.1, 0.15) is 0 Å². The Hall–Kier alpha value is -0.520. The summed E-state index contributed by atoms with van der Waals surface area (Å²) in [7, 11) is 2.02. The van der Waals surface area contributed by atoms with Crippen molar-refractivity contribution in [3.05, 3.63) is 28.2 Å². The predicted octanol–water partition coefficient (Wildman–Crippen LogP) is 2.42. The maximum atomic E-state index is 11.9. The Morgan fingerprint density at radius 1 is 1.53 bits per heavy atom. The number of hydrogen-bond acceptors (Lipinski definition) is 3. The van der Waals surface area contributed by atoms with Crippen LogP contribution in [0.2, 0.25) is 0 Å². The number of likely N-dealkylation sites (N-methyl/N-ethyl adjacent to an activating group) is 1. The molecule has 1 aromatic carbocycles. The standard InChI is InChI=1S/C12H17BrN2OS/c1-3-15(2)7-6-14-12(16)10-8-9(17)4-5-11(10)13/h4-5,8,17H,3,6-7H2,1-2H3,(H,14,16). The number of rotatable bonds is 5. The number of benzene rings is 1. The van der Waals surface area contributed by atoms with Gasteiger partial charge in [-0.05, 0) is 47.7 Å². The number of halogens is 1. The van der Waals surface area contributed by atoms with E-state index in [1.54, 1.807) is 6.07 Å². The SMILES string of the molecule is CCN(C)CCNC(=O)c1cc(S)ccc1Br. The van der Waals surface area contributed by atoms with Crippen molar-refractivity contribution in [3.63, 3.8) is 0 Å². The van der Waals surface area contributed by atoms with E-state index < -0.39 is 0 Å². The molecule has 17 heavy (non-hydrogen) atoms. The van der Waals surface area contributed by atoms with Gasteiger partial charge in [-0.1, -0.05) is 6.92 Å². The fraction of sp³-hybridized carbons (Fsp3) is 0.417. The molecule has 0 aromatic heterocycles. The molecule has 94 valence electrons. The minimum atomic E-state index is -0.0720. The van der Waals surface area contributed by atoms with Crippen molar-refractivity contribution >= 4 is 34.5 Å². The molecule has 1 rings (SSSR count). The number of hydrogen-bond donors (Lipinski definition) is 2. The molecule has 0 heterocycles. The van der Waals surface area contributed by atoms with Crippen molar-refractivity contribution in [1.29, 1.82) is 0 Å². The van der Waals surface area contributed by atoms with Gasteiger partial charge in [-0.25, -0.2) is 0 Å². The molecule has 0 aliphatic carbocycles. The van der Waals surface area contributed by atoms with Crippen LogP contribution < -0.4 is 5.32 Å². The van der Waals surface area contributed by atoms with E-state index in [2.05, 4.69) is 45.7 Å². The molecule has 1 aromatic rings. The maximum absolute atomic E-state index is 11.9. The third-order valence-electron chi connectivity index (χ3n) is 2.51. The first-order chi connectivity index (χ1) is 8.04. The van der Waals surface area contributed by atoms with Crippen LogP contribution in [0.1, 0.15) is 17.3 Å². The molecule has 0 fully saturated rings. The monoisotopic (exact) mass is 316 g/mol. The first-order valence-corrected chi connectivity index (χ1v) is 6.74. The number of nitrogens with zero attached hydrogens (tertiary/aromatic N) is 1. The molecule has 1 amide bonds. The van der Waals surface area contributed by atoms with E-state index in [0.29, 0.717) is 12.1 Å². The Morgan fingerprint density at radius 3 is 2.88 bits per heavy atom. The predicted molar refractivity (Wildman–Crippen MR) is 76.9 cm³/mol. The molecular weight excluding hydrogens is 300 g/mol. The van der Waals surface area contributed by atoms with Crippen molar-refractivity contribution in [1.82, 2.24) is 10.2 Å². The van der Waals surface area contributed by atoms with Crippen LogP contribution in [0.25, 0.3) is 0 Å². The van der Waals surface area contributed by atoms with E-state index in [-0.39, 0.29) is 5.91 Å². The number of carbonyl (C=O) groups excluding carboxylic acids is 1. The highest BCUT2D eigenvalue weighted by molar-refractivity contribution is 9.10. The van der Waals surface area contributed by atoms with Gasteiger partial charge in [-0.3, -0.25) is 4.79 Å². The van der Waals surface area contributed by atoms with Gasteiger partial charge in [0.05, 0.1) is 5.56 Å². The summed E-state index contributed by atoms with van der Waals surface area (Å²) in [4.78, 5) is 14.8. The summed E-state index contributed by atoms with van der Waals surface area (Å²) in [6, 6.07) is 5.43. The zero-order valence-electron chi connectivity index (χ0n) is 10.0. The molecule has 0 aliphatic heterocycles. The highest BCUT2D eigenvalue weighted by Gasteiger charge is 2.09. The number of amides is 1. The van der Waals surface area contributed by atoms with Crippen LogP contribution in [0.5, 0.6) is 0 Å². The van der Waals surface area contributed by atoms with Crippen LogP contribution >= 0.6 is 28.6 Å². The second-order valence-corrected chi connectivity index (χ2v) is 5.19. The van der Waals surface area contributed by atoms with E-state index in [1.165, 1.54) is 0 Å². The van der Waals surface area contributed by atoms with Crippen molar-refractivity contribution < 1.29 is 4.79 Å². The Balaban J connectivity index is 2.55. The lowest BCUT2D eigenvalue weighted by Gasteiger charge is -2.14. The largest absolute Gasteiger partial charge is 0.351 e. The Bertz CT molecular complexity index is 398. The van der Waals surface area contributed by atoms with Crippen molar-refractivity contribution in [2.24, 2.45) is 0 Å². The normalized spacial score (nSPS) is 10.6. The minimum Gasteiger partial charge on any atom is -0.351 e. The summed E-state index contributed by atoms with van der Waals surface area (Å²) in [6.45, 7) is 4.56. The van der Waals surface area contributed by atoms with Crippen molar-refractivity contribution in [3.8, 4) is 0 Å². The average molecular weight is 317 g/mol. The zero-order valence-corrected chi connectivity index (χ0v) is 12.5. The van der Waals surface area contributed by atoms with Gasteiger partial charge in [0, 0.05) is 22.5 Å². The van der Waals surface area contributed by atoms with Crippen LogP contribution in [0, 0.1) is 0 Å². The highest BCUT2D eigenvalue weighted by Crippen LogP contribution is 2.19. The molecule has 1 N–H and O–H groups in total. The molecule has 0 unspecified atom stereocenters. The lowest BCUT2D eigenvalue weighted by Crippen LogP contribution is -2.33. The average Bonchev–Trinajstić information content (AvgIpc) is 2.31. The third kappa shape index (κ3) is 4.69. The van der Waals surface area contributed by atoms with Gasteiger partial charge in [0.25, 0.3) is 5.91 Å². The van der Waals surface area contributed by atoms with E-state index in [0.717, 1.165) is 22.5 Å². The first kappa shape index (κ1) is 14.5. The minimum absolute atomic E-state index is 0.0720. The Kier molecular flexibility index (Phi) is 6.02. The van der Waals surface area contributed by atoms with Crippen LogP contribution in [0.4, 0.5) is 0 Å². The second-order valence-electron chi connectivity index (χ2n) is 3.82. The molecule has 3 nitrogen and oxygen atoms in total. The summed E-state index contributed by atoms with van der Waals surface area (Å²) >= 11 is 7.59. The summed E-state index contributed by atoms with van der Waals surface area (Å²) in [5, 5.41) is 2.89. The second kappa shape index (κ2) is 7.03. The number of thiol groups is 1. The van der Waals surface area contributed by atoms with Crippen LogP contribution in [-0.2, 0) is 0 Å². The quantitative estimate of drug-likeness (QED) is 0.818. The van der Waals surface area contributed by atoms with Crippen LogP contribution in [0.3, 0.4) is 0 Å². The lowest BCUT2D eigenvalue weighted by molar-refractivity contribution is 0.0949. The summed E-state index contributed by atoms with van der Waals surface area (Å²) in [5.74, 6) is -0.0720. The molecule has 0 spiro atoms. The third-order valence-corrected chi connectivity index (χ3v) is 3.48. The number of nitrogens with one attached hydrogen (secondary N) is 1. The maximum Gasteiger partial charge on any atom is 0.252 e. The Labute approximate surface area is 116 Å². The van der Waals surface area contributed by atoms with Crippen molar-refractivity contribution in [2.75, 3.05) is 26.7 Å². The van der Waals surface area contributed by atoms with E-state index in [9.17, 15) is 4.79 Å². The van der Waals surface area contributed by atoms with Gasteiger partial charge in [0.2, 0.25) is 0 Å². The fourth-order valence-corrected chi connectivity index (χ4v) is 1.93. The van der Waals surface area contributed by atoms with E-state index in [1.807, 2.05) is 19.2 Å². The lowest BCUT2D eigenvalue weighted by atomic mass is 10.2. The zero-order chi connectivity index (χ0) is 12.8. The molecule has 0 bridgehead atoms. The molecule has 0 aliphatic rings. The molecule has 5 heteroatoms. The van der Waals surface area contributed by atoms with Gasteiger partial charge in [-0.15, -0.1) is 12.6 Å². The van der Waals surface area contributed by atoms with Gasteiger partial charge in [-0.2, -0.15) is 0 Å². The summed E-state index contributed by atoms with van der Waals surface area (Å²) < 4.78 is 0.789. The van der Waals surface area contributed by atoms with Gasteiger partial charge in [0.15, 0.2) is 0 Å². The smallest absolute Gasteiger partial charge is 0.252 e. The first-order valence-electron chi connectivity index (χ1n) is 5.50. The van der Waals surface area contributed by atoms with Crippen LogP contribution in [-0.4, -0.2) is 37.5 Å². The topological polar surface area (TPSA) is 32.3 Å². The summed E-state index contributed by atoms with van der Waals surface area (Å²) in [5.41, 5.74) is 0.622.